The van der Waals surface area contributed by atoms with Gasteiger partial charge in [-0.3, -0.25) is 9.59 Å². The number of hydrogen-bond donors (Lipinski definition) is 0. The van der Waals surface area contributed by atoms with E-state index in [9.17, 15) is 18.0 Å². The van der Waals surface area contributed by atoms with E-state index in [1.807, 2.05) is 0 Å². The number of carbonyl (C=O) groups excluding carboxylic acids is 2. The van der Waals surface area contributed by atoms with Gasteiger partial charge in [0.05, 0.1) is 0 Å². The Morgan fingerprint density at radius 3 is 1.45 bits per heavy atom. The molecule has 4 nitrogen and oxygen atoms in total. The molecule has 0 aromatic carbocycles. The summed E-state index contributed by atoms with van der Waals surface area (Å²) in [5, 5.41) is -1.99. The fraction of sp³-hybridized carbons (Fsp3) is 0.667. The van der Waals surface area contributed by atoms with Crippen molar-refractivity contribution >= 4 is 20.1 Å². The molecule has 0 bridgehead atoms. The third-order valence-electron chi connectivity index (χ3n) is 1.18. The lowest BCUT2D eigenvalue weighted by Crippen LogP contribution is -2.22. The number of carbonyl (C=O) groups is 2. The first-order valence-corrected chi connectivity index (χ1v) is 4.75. The molecular formula is C6H10O4S. The Morgan fingerprint density at radius 1 is 1.00 bits per heavy atom. The third kappa shape index (κ3) is 2.11. The lowest BCUT2D eigenvalue weighted by atomic mass is 10.5. The van der Waals surface area contributed by atoms with Gasteiger partial charge in [-0.05, 0) is 0 Å². The molecular weight excluding hydrogens is 168 g/mol. The first-order chi connectivity index (χ1) is 4.96. The Kier molecular flexibility index (Phi) is 3.38. The SMILES string of the molecule is CCC(=O)S(=O)(=O)C(=O)CC. The van der Waals surface area contributed by atoms with Gasteiger partial charge in [0.2, 0.25) is 0 Å². The number of rotatable bonds is 2. The number of sulfone groups is 1. The zero-order valence-electron chi connectivity index (χ0n) is 6.46. The monoisotopic (exact) mass is 178 g/mol. The zero-order chi connectivity index (χ0) is 9.07. The second kappa shape index (κ2) is 3.61. The van der Waals surface area contributed by atoms with Crippen LogP contribution in [0.1, 0.15) is 26.7 Å². The van der Waals surface area contributed by atoms with E-state index in [0.29, 0.717) is 0 Å². The van der Waals surface area contributed by atoms with Gasteiger partial charge in [-0.2, -0.15) is 0 Å². The lowest BCUT2D eigenvalue weighted by Gasteiger charge is -1.95. The maximum atomic E-state index is 10.8. The Balaban J connectivity index is 4.76. The van der Waals surface area contributed by atoms with Gasteiger partial charge in [0.15, 0.2) is 0 Å². The Morgan fingerprint density at radius 2 is 1.27 bits per heavy atom. The van der Waals surface area contributed by atoms with Crippen LogP contribution in [0, 0.1) is 0 Å². The minimum Gasteiger partial charge on any atom is -0.281 e. The van der Waals surface area contributed by atoms with E-state index >= 15 is 0 Å². The van der Waals surface area contributed by atoms with Crippen LogP contribution in [-0.2, 0) is 19.4 Å². The van der Waals surface area contributed by atoms with Crippen LogP contribution >= 0.6 is 0 Å². The molecule has 0 aliphatic rings. The number of hydrogen-bond acceptors (Lipinski definition) is 4. The van der Waals surface area contributed by atoms with Crippen LogP contribution in [0.5, 0.6) is 0 Å². The summed E-state index contributed by atoms with van der Waals surface area (Å²) in [5.74, 6) is 0. The van der Waals surface area contributed by atoms with Gasteiger partial charge in [-0.15, -0.1) is 0 Å². The van der Waals surface area contributed by atoms with E-state index < -0.39 is 20.1 Å². The van der Waals surface area contributed by atoms with Crippen molar-refractivity contribution < 1.29 is 18.0 Å². The van der Waals surface area contributed by atoms with Gasteiger partial charge in [0.1, 0.15) is 0 Å². The molecule has 64 valence electrons. The first kappa shape index (κ1) is 10.3. The fourth-order valence-electron chi connectivity index (χ4n) is 0.507. The van der Waals surface area contributed by atoms with Crippen LogP contribution in [0.3, 0.4) is 0 Å². The molecule has 0 aromatic heterocycles. The van der Waals surface area contributed by atoms with Crippen molar-refractivity contribution in [3.63, 3.8) is 0 Å². The van der Waals surface area contributed by atoms with Gasteiger partial charge < -0.3 is 0 Å². The average molecular weight is 178 g/mol. The van der Waals surface area contributed by atoms with Crippen LogP contribution < -0.4 is 0 Å². The van der Waals surface area contributed by atoms with Gasteiger partial charge in [-0.25, -0.2) is 8.42 Å². The summed E-state index contributed by atoms with van der Waals surface area (Å²) < 4.78 is 21.6. The molecule has 5 heteroatoms. The summed E-state index contributed by atoms with van der Waals surface area (Å²) >= 11 is 0. The Labute approximate surface area is 65.5 Å². The fourth-order valence-corrected chi connectivity index (χ4v) is 1.52. The van der Waals surface area contributed by atoms with Crippen molar-refractivity contribution in [3.8, 4) is 0 Å². The summed E-state index contributed by atoms with van der Waals surface area (Å²) in [6, 6.07) is 0. The molecule has 0 aromatic rings. The molecule has 0 aliphatic carbocycles. The van der Waals surface area contributed by atoms with E-state index in [1.54, 1.807) is 0 Å². The molecule has 0 fully saturated rings. The van der Waals surface area contributed by atoms with E-state index in [2.05, 4.69) is 0 Å². The smallest absolute Gasteiger partial charge is 0.273 e. The van der Waals surface area contributed by atoms with E-state index in [4.69, 9.17) is 0 Å². The molecule has 0 amide bonds. The Hall–Kier alpha value is -0.710. The van der Waals surface area contributed by atoms with E-state index in [-0.39, 0.29) is 12.8 Å². The van der Waals surface area contributed by atoms with Crippen LogP contribution in [-0.4, -0.2) is 18.6 Å². The molecule has 0 rings (SSSR count). The topological polar surface area (TPSA) is 68.3 Å². The predicted octanol–water partition coefficient (Wildman–Crippen LogP) is 0.274. The maximum absolute atomic E-state index is 10.8. The summed E-state index contributed by atoms with van der Waals surface area (Å²) in [6.07, 6.45) is -0.290. The highest BCUT2D eigenvalue weighted by Gasteiger charge is 2.27. The molecule has 0 heterocycles. The molecule has 11 heavy (non-hydrogen) atoms. The molecule has 0 radical (unpaired) electrons. The third-order valence-corrected chi connectivity index (χ3v) is 2.95. The second-order valence-corrected chi connectivity index (χ2v) is 3.87. The van der Waals surface area contributed by atoms with E-state index in [1.165, 1.54) is 13.8 Å². The van der Waals surface area contributed by atoms with Crippen LogP contribution in [0.4, 0.5) is 0 Å². The van der Waals surface area contributed by atoms with Crippen molar-refractivity contribution in [3.05, 3.63) is 0 Å². The quantitative estimate of drug-likeness (QED) is 0.608. The van der Waals surface area contributed by atoms with Crippen molar-refractivity contribution in [1.29, 1.82) is 0 Å². The highest BCUT2D eigenvalue weighted by atomic mass is 32.2. The van der Waals surface area contributed by atoms with Crippen molar-refractivity contribution in [2.24, 2.45) is 0 Å². The molecule has 0 saturated heterocycles. The summed E-state index contributed by atoms with van der Waals surface area (Å²) in [4.78, 5) is 21.3. The minimum atomic E-state index is -4.12. The molecule has 0 unspecified atom stereocenters. The first-order valence-electron chi connectivity index (χ1n) is 3.27. The lowest BCUT2D eigenvalue weighted by molar-refractivity contribution is -0.114. The largest absolute Gasteiger partial charge is 0.281 e. The van der Waals surface area contributed by atoms with Gasteiger partial charge in [0, 0.05) is 12.8 Å². The maximum Gasteiger partial charge on any atom is 0.273 e. The highest BCUT2D eigenvalue weighted by Crippen LogP contribution is 2.00. The van der Waals surface area contributed by atoms with Crippen molar-refractivity contribution in [1.82, 2.24) is 0 Å². The van der Waals surface area contributed by atoms with Gasteiger partial charge in [0.25, 0.3) is 20.1 Å². The van der Waals surface area contributed by atoms with Gasteiger partial charge in [-0.1, -0.05) is 13.8 Å². The van der Waals surface area contributed by atoms with E-state index in [0.717, 1.165) is 0 Å². The van der Waals surface area contributed by atoms with Gasteiger partial charge >= 0.3 is 0 Å². The van der Waals surface area contributed by atoms with Crippen molar-refractivity contribution in [2.45, 2.75) is 26.7 Å². The predicted molar refractivity (Wildman–Crippen MR) is 39.5 cm³/mol. The second-order valence-electron chi connectivity index (χ2n) is 1.95. The summed E-state index contributed by atoms with van der Waals surface area (Å²) in [6.45, 7) is 2.81. The standard InChI is InChI=1S/C6H10O4S/c1-3-5(7)11(9,10)6(8)4-2/h3-4H2,1-2H3. The molecule has 0 spiro atoms. The normalized spacial score (nSPS) is 11.1. The van der Waals surface area contributed by atoms with Crippen LogP contribution in [0.25, 0.3) is 0 Å². The molecule has 0 atom stereocenters. The highest BCUT2D eigenvalue weighted by molar-refractivity contribution is 8.18. The van der Waals surface area contributed by atoms with Crippen LogP contribution in [0.2, 0.25) is 0 Å². The minimum absolute atomic E-state index is 0.145. The van der Waals surface area contributed by atoms with Crippen molar-refractivity contribution in [2.75, 3.05) is 0 Å². The Bertz CT molecular complexity index is 240. The van der Waals surface area contributed by atoms with Crippen LogP contribution in [0.15, 0.2) is 0 Å². The zero-order valence-corrected chi connectivity index (χ0v) is 7.27. The average Bonchev–Trinajstić information content (AvgIpc) is 2.01. The molecule has 0 N–H and O–H groups in total. The summed E-state index contributed by atoms with van der Waals surface area (Å²) in [5.41, 5.74) is 0. The molecule has 0 saturated carbocycles. The summed E-state index contributed by atoms with van der Waals surface area (Å²) in [7, 11) is -4.12. The molecule has 0 aliphatic heterocycles.